The fourth-order valence-electron chi connectivity index (χ4n) is 2.18. The van der Waals surface area contributed by atoms with Crippen LogP contribution in [0.5, 0.6) is 0 Å². The largest absolute Gasteiger partial charge is 0.461 e. The molecule has 3 heterocycles. The van der Waals surface area contributed by atoms with Gasteiger partial charge in [0.2, 0.25) is 5.82 Å². The predicted octanol–water partition coefficient (Wildman–Crippen LogP) is 2.65. The molecule has 0 radical (unpaired) electrons. The molecule has 0 fully saturated rings. The van der Waals surface area contributed by atoms with Crippen LogP contribution >= 0.6 is 15.9 Å². The number of nitrogens with zero attached hydrogens (tertiary/aromatic N) is 3. The van der Waals surface area contributed by atoms with Gasteiger partial charge in [0.05, 0.1) is 16.4 Å². The minimum absolute atomic E-state index is 0.240. The van der Waals surface area contributed by atoms with Crippen molar-refractivity contribution in [2.45, 2.75) is 26.2 Å². The molecule has 0 atom stereocenters. The van der Waals surface area contributed by atoms with Gasteiger partial charge in [-0.25, -0.2) is 4.98 Å². The van der Waals surface area contributed by atoms with Gasteiger partial charge in [-0.1, -0.05) is 13.8 Å². The molecule has 0 aliphatic heterocycles. The van der Waals surface area contributed by atoms with Crippen LogP contribution in [-0.2, 0) is 6.42 Å². The Morgan fingerprint density at radius 3 is 2.88 bits per heavy atom. The molecule has 0 aliphatic carbocycles. The van der Waals surface area contributed by atoms with E-state index in [0.717, 1.165) is 5.69 Å². The number of hydrogen-bond acceptors (Lipinski definition) is 5. The number of hydrogen-bond donors (Lipinski definition) is 3. The first-order chi connectivity index (χ1) is 11.6. The van der Waals surface area contributed by atoms with Crippen LogP contribution in [0.25, 0.3) is 11.6 Å². The molecule has 3 aromatic heterocycles. The summed E-state index contributed by atoms with van der Waals surface area (Å²) in [5.41, 5.74) is 1.26. The summed E-state index contributed by atoms with van der Waals surface area (Å²) in [4.78, 5) is 16.5. The second-order valence-electron chi connectivity index (χ2n) is 5.54. The Kier molecular flexibility index (Phi) is 4.79. The van der Waals surface area contributed by atoms with E-state index in [-0.39, 0.29) is 11.8 Å². The van der Waals surface area contributed by atoms with Crippen LogP contribution in [0.1, 0.15) is 41.8 Å². The molecule has 0 aromatic carbocycles. The zero-order valence-electron chi connectivity index (χ0n) is 13.3. The molecule has 8 nitrogen and oxygen atoms in total. The number of carbonyl (C=O) groups excluding carboxylic acids is 1. The Bertz CT molecular complexity index is 821. The van der Waals surface area contributed by atoms with E-state index in [4.69, 9.17) is 4.42 Å². The highest BCUT2D eigenvalue weighted by molar-refractivity contribution is 9.10. The Morgan fingerprint density at radius 2 is 2.21 bits per heavy atom. The third-order valence-corrected chi connectivity index (χ3v) is 4.25. The predicted molar refractivity (Wildman–Crippen MR) is 90.5 cm³/mol. The van der Waals surface area contributed by atoms with Crippen molar-refractivity contribution in [1.82, 2.24) is 30.7 Å². The van der Waals surface area contributed by atoms with E-state index in [1.165, 1.54) is 0 Å². The molecule has 9 heteroatoms. The fraction of sp³-hybridized carbons (Fsp3) is 0.333. The van der Waals surface area contributed by atoms with Crippen molar-refractivity contribution in [2.24, 2.45) is 0 Å². The number of aromatic nitrogens is 5. The van der Waals surface area contributed by atoms with Crippen LogP contribution in [0.4, 0.5) is 0 Å². The fourth-order valence-corrected chi connectivity index (χ4v) is 2.99. The van der Waals surface area contributed by atoms with E-state index >= 15 is 0 Å². The van der Waals surface area contributed by atoms with Crippen LogP contribution in [0, 0.1) is 0 Å². The Morgan fingerprint density at radius 1 is 1.38 bits per heavy atom. The second kappa shape index (κ2) is 7.00. The van der Waals surface area contributed by atoms with Crippen molar-refractivity contribution in [1.29, 1.82) is 0 Å². The molecule has 3 aromatic rings. The van der Waals surface area contributed by atoms with Gasteiger partial charge >= 0.3 is 0 Å². The number of nitrogens with one attached hydrogen (secondary N) is 3. The van der Waals surface area contributed by atoms with Crippen LogP contribution in [0.15, 0.2) is 27.3 Å². The smallest absolute Gasteiger partial charge is 0.272 e. The summed E-state index contributed by atoms with van der Waals surface area (Å²) in [6.45, 7) is 4.48. The van der Waals surface area contributed by atoms with Gasteiger partial charge in [0.15, 0.2) is 11.5 Å². The second-order valence-corrected chi connectivity index (χ2v) is 6.34. The molecular weight excluding hydrogens is 376 g/mol. The van der Waals surface area contributed by atoms with Crippen molar-refractivity contribution in [3.05, 3.63) is 40.1 Å². The summed E-state index contributed by atoms with van der Waals surface area (Å²) in [6.07, 6.45) is 2.09. The Balaban J connectivity index is 1.56. The van der Waals surface area contributed by atoms with E-state index in [1.807, 2.05) is 13.8 Å². The van der Waals surface area contributed by atoms with Gasteiger partial charge in [0.1, 0.15) is 5.82 Å². The Labute approximate surface area is 146 Å². The third-order valence-electron chi connectivity index (χ3n) is 3.45. The van der Waals surface area contributed by atoms with E-state index in [1.54, 1.807) is 18.4 Å². The van der Waals surface area contributed by atoms with Gasteiger partial charge in [-0.15, -0.1) is 0 Å². The van der Waals surface area contributed by atoms with Crippen molar-refractivity contribution < 1.29 is 9.21 Å². The molecule has 1 amide bonds. The maximum Gasteiger partial charge on any atom is 0.272 e. The molecule has 126 valence electrons. The zero-order valence-corrected chi connectivity index (χ0v) is 14.8. The van der Waals surface area contributed by atoms with Crippen molar-refractivity contribution in [2.75, 3.05) is 6.54 Å². The first-order valence-corrected chi connectivity index (χ1v) is 8.32. The molecule has 3 N–H and O–H groups in total. The lowest BCUT2D eigenvalue weighted by atomic mass is 10.1. The van der Waals surface area contributed by atoms with Crippen LogP contribution in [0.3, 0.4) is 0 Å². The SMILES string of the molecule is CC(C)c1[nH]nc(C(=O)NCCc2nc(-c3ccco3)n[nH]2)c1Br. The topological polar surface area (TPSA) is 112 Å². The van der Waals surface area contributed by atoms with Crippen LogP contribution in [-0.4, -0.2) is 37.8 Å². The van der Waals surface area contributed by atoms with Gasteiger partial charge in [-0.05, 0) is 34.0 Å². The third kappa shape index (κ3) is 3.40. The summed E-state index contributed by atoms with van der Waals surface area (Å²) in [7, 11) is 0. The van der Waals surface area contributed by atoms with Crippen molar-refractivity contribution in [3.63, 3.8) is 0 Å². The van der Waals surface area contributed by atoms with Gasteiger partial charge in [0, 0.05) is 13.0 Å². The number of amides is 1. The van der Waals surface area contributed by atoms with Crippen LogP contribution < -0.4 is 5.32 Å². The number of furan rings is 1. The average molecular weight is 393 g/mol. The van der Waals surface area contributed by atoms with E-state index in [9.17, 15) is 4.79 Å². The van der Waals surface area contributed by atoms with E-state index in [2.05, 4.69) is 46.6 Å². The molecule has 0 bridgehead atoms. The number of rotatable bonds is 6. The monoisotopic (exact) mass is 392 g/mol. The first kappa shape index (κ1) is 16.4. The highest BCUT2D eigenvalue weighted by Gasteiger charge is 2.19. The maximum atomic E-state index is 12.2. The number of aromatic amines is 2. The molecule has 0 unspecified atom stereocenters. The van der Waals surface area contributed by atoms with E-state index in [0.29, 0.717) is 40.5 Å². The number of carbonyl (C=O) groups is 1. The van der Waals surface area contributed by atoms with Crippen molar-refractivity contribution >= 4 is 21.8 Å². The molecule has 0 spiro atoms. The van der Waals surface area contributed by atoms with Gasteiger partial charge in [-0.3, -0.25) is 15.0 Å². The molecule has 0 saturated carbocycles. The minimum Gasteiger partial charge on any atom is -0.461 e. The molecule has 0 aliphatic rings. The highest BCUT2D eigenvalue weighted by Crippen LogP contribution is 2.25. The summed E-state index contributed by atoms with van der Waals surface area (Å²) < 4.78 is 5.94. The molecular formula is C15H17BrN6O2. The normalized spacial score (nSPS) is 11.2. The number of halogens is 1. The molecule has 0 saturated heterocycles. The summed E-state index contributed by atoms with van der Waals surface area (Å²) in [5, 5.41) is 16.7. The van der Waals surface area contributed by atoms with E-state index < -0.39 is 0 Å². The lowest BCUT2D eigenvalue weighted by Crippen LogP contribution is -2.26. The standard InChI is InChI=1S/C15H17BrN6O2/c1-8(2)12-11(16)13(21-20-12)15(23)17-6-5-10-18-14(22-19-10)9-4-3-7-24-9/h3-4,7-8H,5-6H2,1-2H3,(H,17,23)(H,20,21)(H,18,19,22). The van der Waals surface area contributed by atoms with Gasteiger partial charge in [0.25, 0.3) is 5.91 Å². The quantitative estimate of drug-likeness (QED) is 0.596. The highest BCUT2D eigenvalue weighted by atomic mass is 79.9. The maximum absolute atomic E-state index is 12.2. The van der Waals surface area contributed by atoms with Gasteiger partial charge in [-0.2, -0.15) is 10.2 Å². The van der Waals surface area contributed by atoms with Gasteiger partial charge < -0.3 is 9.73 Å². The zero-order chi connectivity index (χ0) is 17.1. The Hall–Kier alpha value is -2.42. The minimum atomic E-state index is -0.240. The number of H-pyrrole nitrogens is 2. The molecule has 24 heavy (non-hydrogen) atoms. The average Bonchev–Trinajstić information content (AvgIpc) is 3.26. The van der Waals surface area contributed by atoms with Crippen molar-refractivity contribution in [3.8, 4) is 11.6 Å². The summed E-state index contributed by atoms with van der Waals surface area (Å²) in [6, 6.07) is 3.56. The van der Waals surface area contributed by atoms with Crippen LogP contribution in [0.2, 0.25) is 0 Å². The lowest BCUT2D eigenvalue weighted by Gasteiger charge is -2.03. The first-order valence-electron chi connectivity index (χ1n) is 7.53. The molecule has 3 rings (SSSR count). The lowest BCUT2D eigenvalue weighted by molar-refractivity contribution is 0.0948. The summed E-state index contributed by atoms with van der Waals surface area (Å²) >= 11 is 3.42. The summed E-state index contributed by atoms with van der Waals surface area (Å²) in [5.74, 6) is 1.78.